The molecule has 3 aromatic heterocycles. The first-order valence-electron chi connectivity index (χ1n) is 13.5. The van der Waals surface area contributed by atoms with Crippen molar-refractivity contribution in [1.82, 2.24) is 30.0 Å². The van der Waals surface area contributed by atoms with Gasteiger partial charge in [0.05, 0.1) is 22.2 Å². The van der Waals surface area contributed by atoms with Crippen molar-refractivity contribution in [1.29, 1.82) is 0 Å². The number of anilines is 2. The zero-order valence-corrected chi connectivity index (χ0v) is 25.2. The van der Waals surface area contributed by atoms with Crippen LogP contribution >= 0.6 is 11.3 Å². The van der Waals surface area contributed by atoms with Crippen molar-refractivity contribution in [3.63, 3.8) is 0 Å². The van der Waals surface area contributed by atoms with E-state index in [9.17, 15) is 18.0 Å². The molecule has 0 unspecified atom stereocenters. The van der Waals surface area contributed by atoms with Gasteiger partial charge in [-0.05, 0) is 55.0 Å². The van der Waals surface area contributed by atoms with Gasteiger partial charge in [0.25, 0.3) is 0 Å². The van der Waals surface area contributed by atoms with E-state index in [2.05, 4.69) is 40.2 Å². The highest BCUT2D eigenvalue weighted by molar-refractivity contribution is 7.89. The number of rotatable bonds is 8. The minimum atomic E-state index is -3.57. The Labute approximate surface area is 248 Å². The fourth-order valence-electron chi connectivity index (χ4n) is 4.95. The number of benzene rings is 1. The molecule has 1 fully saturated rings. The second-order valence-electron chi connectivity index (χ2n) is 10.6. The van der Waals surface area contributed by atoms with Gasteiger partial charge >= 0.3 is 6.03 Å². The third-order valence-corrected chi connectivity index (χ3v) is 8.72. The lowest BCUT2D eigenvalue weighted by molar-refractivity contribution is -0.121. The van der Waals surface area contributed by atoms with Gasteiger partial charge in [0.2, 0.25) is 21.9 Å². The fraction of sp³-hybridized carbons (Fsp3) is 0.357. The molecule has 1 saturated heterocycles. The summed E-state index contributed by atoms with van der Waals surface area (Å²) in [6.45, 7) is 5.66. The summed E-state index contributed by atoms with van der Waals surface area (Å²) < 4.78 is 25.8. The molecule has 0 aliphatic carbocycles. The zero-order valence-electron chi connectivity index (χ0n) is 23.5. The smallest absolute Gasteiger partial charge is 0.321 e. The van der Waals surface area contributed by atoms with Crippen LogP contribution in [0.25, 0.3) is 32.6 Å². The number of thiazole rings is 1. The maximum absolute atomic E-state index is 12.2. The monoisotopic (exact) mass is 608 g/mol. The Kier molecular flexibility index (Phi) is 8.36. The highest BCUT2D eigenvalue weighted by atomic mass is 32.2. The lowest BCUT2D eigenvalue weighted by Gasteiger charge is -2.39. The van der Waals surface area contributed by atoms with Crippen molar-refractivity contribution in [2.75, 3.05) is 36.1 Å². The molecule has 0 radical (unpaired) electrons. The van der Waals surface area contributed by atoms with E-state index >= 15 is 0 Å². The zero-order chi connectivity index (χ0) is 29.9. The molecule has 3 N–H and O–H groups in total. The standard InChI is InChI=1S/C28H32N8O4S2/c1-4-29-26(38)34-27-33-22-14-18(13-20(24(22)41-27)21-7-5-6-10-30-21)19-16-31-25(32-17-19)36-11-8-28(2,9-12-36)15-23(37)35-42(3,39)40/h5-7,10,13-14,16-17H,4,8-9,11-12,15H2,1-3H3,(H,35,37)(H2,29,33,34,38). The molecule has 0 atom stereocenters. The predicted molar refractivity (Wildman–Crippen MR) is 164 cm³/mol. The van der Waals surface area contributed by atoms with Crippen LogP contribution in [0, 0.1) is 5.41 Å². The van der Waals surface area contributed by atoms with Crippen molar-refractivity contribution in [2.45, 2.75) is 33.1 Å². The van der Waals surface area contributed by atoms with Gasteiger partial charge in [-0.1, -0.05) is 24.3 Å². The van der Waals surface area contributed by atoms with E-state index in [1.165, 1.54) is 11.3 Å². The highest BCUT2D eigenvalue weighted by Crippen LogP contribution is 2.39. The Morgan fingerprint density at radius 2 is 1.81 bits per heavy atom. The van der Waals surface area contributed by atoms with Crippen LogP contribution in [-0.4, -0.2) is 66.2 Å². The molecule has 0 saturated carbocycles. The van der Waals surface area contributed by atoms with Crippen molar-refractivity contribution in [3.05, 3.63) is 48.9 Å². The van der Waals surface area contributed by atoms with Crippen LogP contribution in [0.1, 0.15) is 33.1 Å². The van der Waals surface area contributed by atoms with Crippen LogP contribution in [0.4, 0.5) is 15.9 Å². The van der Waals surface area contributed by atoms with Gasteiger partial charge < -0.3 is 10.2 Å². The van der Waals surface area contributed by atoms with Crippen LogP contribution in [-0.2, 0) is 14.8 Å². The molecule has 3 amide bonds. The summed E-state index contributed by atoms with van der Waals surface area (Å²) in [5.41, 5.74) is 3.78. The number of nitrogens with one attached hydrogen (secondary N) is 3. The van der Waals surface area contributed by atoms with E-state index in [0.717, 1.165) is 38.9 Å². The second kappa shape index (κ2) is 12.0. The van der Waals surface area contributed by atoms with Gasteiger partial charge in [-0.25, -0.2) is 28.2 Å². The summed E-state index contributed by atoms with van der Waals surface area (Å²) in [5.74, 6) is 0.109. The number of amides is 3. The first kappa shape index (κ1) is 29.3. The number of hydrogen-bond donors (Lipinski definition) is 3. The highest BCUT2D eigenvalue weighted by Gasteiger charge is 2.33. The predicted octanol–water partition coefficient (Wildman–Crippen LogP) is 4.03. The Balaban J connectivity index is 1.36. The number of hydrogen-bond acceptors (Lipinski definition) is 10. The number of carbonyl (C=O) groups is 2. The van der Waals surface area contributed by atoms with Gasteiger partial charge in [-0.15, -0.1) is 0 Å². The normalized spacial score (nSPS) is 14.9. The Morgan fingerprint density at radius 3 is 2.45 bits per heavy atom. The van der Waals surface area contributed by atoms with Crippen LogP contribution in [0.5, 0.6) is 0 Å². The van der Waals surface area contributed by atoms with Gasteiger partial charge in [-0.3, -0.25) is 19.8 Å². The third kappa shape index (κ3) is 6.99. The number of fused-ring (bicyclic) bond motifs is 1. The lowest BCUT2D eigenvalue weighted by Crippen LogP contribution is -2.42. The summed E-state index contributed by atoms with van der Waals surface area (Å²) in [6, 6.07) is 9.40. The van der Waals surface area contributed by atoms with Crippen molar-refractivity contribution in [2.24, 2.45) is 5.41 Å². The van der Waals surface area contributed by atoms with Crippen LogP contribution in [0.3, 0.4) is 0 Å². The molecule has 1 aliphatic rings. The molecule has 4 aromatic rings. The Hall–Kier alpha value is -4.17. The van der Waals surface area contributed by atoms with Crippen molar-refractivity contribution >= 4 is 54.6 Å². The third-order valence-electron chi connectivity index (χ3n) is 7.10. The number of carbonyl (C=O) groups excluding carboxylic acids is 2. The summed E-state index contributed by atoms with van der Waals surface area (Å²) in [5, 5.41) is 6.01. The second-order valence-corrected chi connectivity index (χ2v) is 13.4. The van der Waals surface area contributed by atoms with E-state index in [1.807, 2.05) is 44.2 Å². The SMILES string of the molecule is CCNC(=O)Nc1nc2cc(-c3cnc(N4CCC(C)(CC(=O)NS(C)(=O)=O)CC4)nc3)cc(-c3ccccn3)c2s1. The van der Waals surface area contributed by atoms with Crippen LogP contribution in [0.15, 0.2) is 48.9 Å². The lowest BCUT2D eigenvalue weighted by atomic mass is 9.77. The quantitative estimate of drug-likeness (QED) is 0.268. The van der Waals surface area contributed by atoms with Crippen molar-refractivity contribution < 1.29 is 18.0 Å². The molecular weight excluding hydrogens is 576 g/mol. The topological polar surface area (TPSA) is 159 Å². The van der Waals surface area contributed by atoms with Gasteiger partial charge in [-0.2, -0.15) is 0 Å². The van der Waals surface area contributed by atoms with E-state index in [4.69, 9.17) is 0 Å². The van der Waals surface area contributed by atoms with Crippen LogP contribution in [0.2, 0.25) is 0 Å². The maximum atomic E-state index is 12.2. The molecule has 4 heterocycles. The minimum Gasteiger partial charge on any atom is -0.341 e. The van der Waals surface area contributed by atoms with Gasteiger partial charge in [0, 0.05) is 55.8 Å². The number of nitrogens with zero attached hydrogens (tertiary/aromatic N) is 5. The van der Waals surface area contributed by atoms with E-state index in [1.54, 1.807) is 18.6 Å². The Morgan fingerprint density at radius 1 is 1.07 bits per heavy atom. The molecule has 1 aliphatic heterocycles. The summed E-state index contributed by atoms with van der Waals surface area (Å²) in [6.07, 6.45) is 7.83. The molecule has 42 heavy (non-hydrogen) atoms. The van der Waals surface area contributed by atoms with Gasteiger partial charge in [0.1, 0.15) is 0 Å². The van der Waals surface area contributed by atoms with Crippen molar-refractivity contribution in [3.8, 4) is 22.4 Å². The maximum Gasteiger partial charge on any atom is 0.321 e. The number of urea groups is 1. The van der Waals surface area contributed by atoms with E-state index in [-0.39, 0.29) is 17.9 Å². The van der Waals surface area contributed by atoms with Gasteiger partial charge in [0.15, 0.2) is 5.13 Å². The molecule has 0 spiro atoms. The average molecular weight is 609 g/mol. The number of pyridine rings is 1. The number of piperidine rings is 1. The molecule has 1 aromatic carbocycles. The largest absolute Gasteiger partial charge is 0.341 e. The Bertz CT molecular complexity index is 1700. The first-order chi connectivity index (χ1) is 20.0. The van der Waals surface area contributed by atoms with E-state index in [0.29, 0.717) is 43.6 Å². The molecule has 12 nitrogen and oxygen atoms in total. The average Bonchev–Trinajstić information content (AvgIpc) is 3.34. The molecule has 5 rings (SSSR count). The minimum absolute atomic E-state index is 0.145. The van der Waals surface area contributed by atoms with Crippen LogP contribution < -0.4 is 20.3 Å². The summed E-state index contributed by atoms with van der Waals surface area (Å²) in [4.78, 5) is 44.8. The summed E-state index contributed by atoms with van der Waals surface area (Å²) in [7, 11) is -3.57. The first-order valence-corrected chi connectivity index (χ1v) is 16.2. The molecule has 220 valence electrons. The number of sulfonamides is 1. The molecule has 14 heteroatoms. The molecule has 0 bridgehead atoms. The number of aromatic nitrogens is 4. The van der Waals surface area contributed by atoms with E-state index < -0.39 is 15.9 Å². The fourth-order valence-corrected chi connectivity index (χ4v) is 6.40. The molecular formula is C28H32N8O4S2. The summed E-state index contributed by atoms with van der Waals surface area (Å²) >= 11 is 1.39.